The summed E-state index contributed by atoms with van der Waals surface area (Å²) in [6.45, 7) is 2.12. The molecule has 0 saturated heterocycles. The SMILES string of the molecule is C[Si](CC(=O)O)(c1ccccc1)c1ccccc1. The first-order chi connectivity index (χ1) is 8.63. The second kappa shape index (κ2) is 5.19. The number of carboxylic acids is 1. The molecule has 2 aromatic rings. The predicted molar refractivity (Wildman–Crippen MR) is 76.2 cm³/mol. The third kappa shape index (κ3) is 2.51. The first-order valence-electron chi connectivity index (χ1n) is 5.96. The average molecular weight is 256 g/mol. The molecule has 0 aliphatic carbocycles. The lowest BCUT2D eigenvalue weighted by atomic mass is 10.4. The standard InChI is InChI=1S/C15H16O2Si/c1-18(12-15(16)17,13-8-4-2-5-9-13)14-10-6-3-7-11-14/h2-11H,12H2,1H3,(H,16,17). The molecule has 0 spiro atoms. The van der Waals surface area contributed by atoms with Crippen molar-refractivity contribution in [1.82, 2.24) is 0 Å². The second-order valence-corrected chi connectivity index (χ2v) is 8.81. The lowest BCUT2D eigenvalue weighted by molar-refractivity contribution is -0.134. The maximum Gasteiger partial charge on any atom is 0.301 e. The van der Waals surface area contributed by atoms with Crippen LogP contribution in [0.1, 0.15) is 0 Å². The molecule has 0 radical (unpaired) electrons. The summed E-state index contributed by atoms with van der Waals surface area (Å²) in [4.78, 5) is 11.2. The lowest BCUT2D eigenvalue weighted by Gasteiger charge is -2.26. The molecule has 0 aromatic heterocycles. The summed E-state index contributed by atoms with van der Waals surface area (Å²) >= 11 is 0. The molecule has 0 bridgehead atoms. The van der Waals surface area contributed by atoms with Crippen LogP contribution in [-0.4, -0.2) is 19.1 Å². The van der Waals surface area contributed by atoms with Crippen molar-refractivity contribution in [2.75, 3.05) is 0 Å². The fourth-order valence-electron chi connectivity index (χ4n) is 2.29. The summed E-state index contributed by atoms with van der Waals surface area (Å²) < 4.78 is 0. The van der Waals surface area contributed by atoms with Gasteiger partial charge in [-0.1, -0.05) is 77.6 Å². The van der Waals surface area contributed by atoms with Crippen molar-refractivity contribution in [1.29, 1.82) is 0 Å². The van der Waals surface area contributed by atoms with E-state index in [4.69, 9.17) is 0 Å². The Morgan fingerprint density at radius 1 is 0.944 bits per heavy atom. The van der Waals surface area contributed by atoms with Crippen LogP contribution >= 0.6 is 0 Å². The van der Waals surface area contributed by atoms with Gasteiger partial charge in [-0.05, 0) is 0 Å². The second-order valence-electron chi connectivity index (χ2n) is 4.63. The highest BCUT2D eigenvalue weighted by Crippen LogP contribution is 2.11. The molecule has 2 rings (SSSR count). The molecule has 1 N–H and O–H groups in total. The molecule has 0 fully saturated rings. The minimum absolute atomic E-state index is 0.223. The minimum Gasteiger partial charge on any atom is -0.481 e. The monoisotopic (exact) mass is 256 g/mol. The Morgan fingerprint density at radius 2 is 1.33 bits per heavy atom. The van der Waals surface area contributed by atoms with E-state index in [1.807, 2.05) is 60.7 Å². The van der Waals surface area contributed by atoms with Crippen molar-refractivity contribution < 1.29 is 9.90 Å². The van der Waals surface area contributed by atoms with Gasteiger partial charge in [0.1, 0.15) is 8.07 Å². The summed E-state index contributed by atoms with van der Waals surface area (Å²) in [6, 6.07) is 20.2. The van der Waals surface area contributed by atoms with Crippen molar-refractivity contribution in [3.8, 4) is 0 Å². The number of benzene rings is 2. The van der Waals surface area contributed by atoms with Crippen LogP contribution in [0.15, 0.2) is 60.7 Å². The lowest BCUT2D eigenvalue weighted by Crippen LogP contribution is -2.56. The highest BCUT2D eigenvalue weighted by Gasteiger charge is 2.34. The zero-order valence-electron chi connectivity index (χ0n) is 10.3. The van der Waals surface area contributed by atoms with Crippen LogP contribution in [0.3, 0.4) is 0 Å². The van der Waals surface area contributed by atoms with E-state index in [0.29, 0.717) is 0 Å². The molecule has 0 atom stereocenters. The number of rotatable bonds is 4. The van der Waals surface area contributed by atoms with Gasteiger partial charge in [0, 0.05) is 6.04 Å². The van der Waals surface area contributed by atoms with Crippen molar-refractivity contribution in [2.24, 2.45) is 0 Å². The predicted octanol–water partition coefficient (Wildman–Crippen LogP) is 1.96. The van der Waals surface area contributed by atoms with Crippen LogP contribution < -0.4 is 10.4 Å². The van der Waals surface area contributed by atoms with Gasteiger partial charge in [-0.25, -0.2) is 0 Å². The van der Waals surface area contributed by atoms with Crippen molar-refractivity contribution >= 4 is 24.4 Å². The van der Waals surface area contributed by atoms with Gasteiger partial charge in [-0.15, -0.1) is 0 Å². The Kier molecular flexibility index (Phi) is 3.62. The normalized spacial score (nSPS) is 11.2. The highest BCUT2D eigenvalue weighted by atomic mass is 28.3. The molecule has 0 aliphatic rings. The molecule has 0 aliphatic heterocycles. The third-order valence-corrected chi connectivity index (χ3v) is 7.55. The summed E-state index contributed by atoms with van der Waals surface area (Å²) in [5, 5.41) is 11.5. The zero-order valence-corrected chi connectivity index (χ0v) is 11.3. The van der Waals surface area contributed by atoms with Crippen LogP contribution in [0.4, 0.5) is 0 Å². The first kappa shape index (κ1) is 12.6. The quantitative estimate of drug-likeness (QED) is 0.849. The number of aliphatic carboxylic acids is 1. The van der Waals surface area contributed by atoms with Gasteiger partial charge < -0.3 is 5.11 Å². The molecule has 0 amide bonds. The van der Waals surface area contributed by atoms with Gasteiger partial charge >= 0.3 is 5.97 Å². The average Bonchev–Trinajstić information content (AvgIpc) is 2.40. The third-order valence-electron chi connectivity index (χ3n) is 3.33. The van der Waals surface area contributed by atoms with Gasteiger partial charge in [0.15, 0.2) is 0 Å². The van der Waals surface area contributed by atoms with E-state index >= 15 is 0 Å². The van der Waals surface area contributed by atoms with E-state index in [0.717, 1.165) is 0 Å². The largest absolute Gasteiger partial charge is 0.481 e. The Morgan fingerprint density at radius 3 is 1.67 bits per heavy atom. The summed E-state index contributed by atoms with van der Waals surface area (Å²) in [5.74, 6) is -0.725. The number of carboxylic acid groups (broad SMARTS) is 1. The molecule has 0 unspecified atom stereocenters. The molecular formula is C15H16O2Si. The van der Waals surface area contributed by atoms with Crippen LogP contribution in [0.2, 0.25) is 12.6 Å². The van der Waals surface area contributed by atoms with Gasteiger partial charge in [-0.3, -0.25) is 4.79 Å². The van der Waals surface area contributed by atoms with Crippen LogP contribution in [-0.2, 0) is 4.79 Å². The first-order valence-corrected chi connectivity index (χ1v) is 8.66. The molecule has 0 saturated carbocycles. The Balaban J connectivity index is 2.51. The number of carbonyl (C=O) groups is 1. The number of hydrogen-bond acceptors (Lipinski definition) is 1. The van der Waals surface area contributed by atoms with E-state index in [1.165, 1.54) is 10.4 Å². The summed E-state index contributed by atoms with van der Waals surface area (Å²) in [7, 11) is -2.16. The van der Waals surface area contributed by atoms with Gasteiger partial charge in [0.05, 0.1) is 0 Å². The highest BCUT2D eigenvalue weighted by molar-refractivity contribution is 7.02. The molecule has 92 valence electrons. The number of hydrogen-bond donors (Lipinski definition) is 1. The van der Waals surface area contributed by atoms with Crippen LogP contribution in [0.5, 0.6) is 0 Å². The van der Waals surface area contributed by atoms with Gasteiger partial charge in [0.2, 0.25) is 0 Å². The van der Waals surface area contributed by atoms with E-state index in [2.05, 4.69) is 6.55 Å². The Hall–Kier alpha value is -1.87. The van der Waals surface area contributed by atoms with E-state index < -0.39 is 14.0 Å². The maximum atomic E-state index is 11.2. The molecule has 18 heavy (non-hydrogen) atoms. The Bertz CT molecular complexity index is 483. The molecule has 2 aromatic carbocycles. The minimum atomic E-state index is -2.16. The zero-order chi connectivity index (χ0) is 13.0. The van der Waals surface area contributed by atoms with E-state index in [9.17, 15) is 9.90 Å². The van der Waals surface area contributed by atoms with Crippen LogP contribution in [0, 0.1) is 0 Å². The van der Waals surface area contributed by atoms with Crippen molar-refractivity contribution in [3.05, 3.63) is 60.7 Å². The van der Waals surface area contributed by atoms with Crippen LogP contribution in [0.25, 0.3) is 0 Å². The molecular weight excluding hydrogens is 240 g/mol. The smallest absolute Gasteiger partial charge is 0.301 e. The van der Waals surface area contributed by atoms with Gasteiger partial charge in [0.25, 0.3) is 0 Å². The molecule has 2 nitrogen and oxygen atoms in total. The Labute approximate surface area is 108 Å². The van der Waals surface area contributed by atoms with Gasteiger partial charge in [-0.2, -0.15) is 0 Å². The maximum absolute atomic E-state index is 11.2. The molecule has 3 heteroatoms. The fourth-order valence-corrected chi connectivity index (χ4v) is 5.49. The summed E-state index contributed by atoms with van der Waals surface area (Å²) in [6.07, 6.45) is 0. The van der Waals surface area contributed by atoms with Crippen molar-refractivity contribution in [3.63, 3.8) is 0 Å². The topological polar surface area (TPSA) is 37.3 Å². The summed E-state index contributed by atoms with van der Waals surface area (Å²) in [5.41, 5.74) is 0. The van der Waals surface area contributed by atoms with E-state index in [-0.39, 0.29) is 6.04 Å². The van der Waals surface area contributed by atoms with E-state index in [1.54, 1.807) is 0 Å². The fraction of sp³-hybridized carbons (Fsp3) is 0.133. The van der Waals surface area contributed by atoms with Crippen molar-refractivity contribution in [2.45, 2.75) is 12.6 Å². The molecule has 0 heterocycles.